The van der Waals surface area contributed by atoms with Crippen molar-refractivity contribution in [1.29, 1.82) is 0 Å². The molecule has 0 spiro atoms. The molecule has 1 heterocycles. The van der Waals surface area contributed by atoms with Gasteiger partial charge in [-0.3, -0.25) is 4.79 Å². The van der Waals surface area contributed by atoms with E-state index in [1.807, 2.05) is 43.3 Å². The lowest BCUT2D eigenvalue weighted by Gasteiger charge is -2.17. The van der Waals surface area contributed by atoms with Gasteiger partial charge in [0.25, 0.3) is 0 Å². The molecule has 0 aliphatic carbocycles. The van der Waals surface area contributed by atoms with Gasteiger partial charge in [0.05, 0.1) is 23.7 Å². The SMILES string of the molecule is Cc1cccc(C)c1OCCCn1c(C(C)NC(=O)CCc2ccccc2)nc2ccccc21. The standard InChI is InChI=1S/C29H33N3O2/c1-21-11-9-12-22(2)28(21)34-20-10-19-32-26-16-8-7-15-25(26)31-29(32)23(3)30-27(33)18-17-24-13-5-4-6-14-24/h4-9,11-16,23H,10,17-20H2,1-3H3,(H,30,33). The Hall–Kier alpha value is -3.60. The Kier molecular flexibility index (Phi) is 7.63. The predicted octanol–water partition coefficient (Wildman–Crippen LogP) is 5.93. The molecule has 0 aliphatic rings. The fourth-order valence-electron chi connectivity index (χ4n) is 4.36. The van der Waals surface area contributed by atoms with Gasteiger partial charge in [-0.15, -0.1) is 0 Å². The molecule has 4 rings (SSSR count). The molecule has 1 aromatic heterocycles. The van der Waals surface area contributed by atoms with Crippen LogP contribution in [-0.2, 0) is 17.8 Å². The maximum Gasteiger partial charge on any atom is 0.220 e. The van der Waals surface area contributed by atoms with Gasteiger partial charge in [0, 0.05) is 13.0 Å². The first-order valence-electron chi connectivity index (χ1n) is 12.0. The number of aryl methyl sites for hydroxylation is 4. The number of ether oxygens (including phenoxy) is 1. The van der Waals surface area contributed by atoms with Crippen molar-refractivity contribution in [2.24, 2.45) is 0 Å². The van der Waals surface area contributed by atoms with Gasteiger partial charge in [-0.25, -0.2) is 4.98 Å². The van der Waals surface area contributed by atoms with Crippen molar-refractivity contribution in [2.45, 2.75) is 52.6 Å². The molecule has 3 aromatic carbocycles. The van der Waals surface area contributed by atoms with Crippen LogP contribution in [0.15, 0.2) is 72.8 Å². The normalized spacial score (nSPS) is 12.0. The summed E-state index contributed by atoms with van der Waals surface area (Å²) in [4.78, 5) is 17.5. The minimum Gasteiger partial charge on any atom is -0.493 e. The molecular weight excluding hydrogens is 422 g/mol. The summed E-state index contributed by atoms with van der Waals surface area (Å²) < 4.78 is 8.33. The summed E-state index contributed by atoms with van der Waals surface area (Å²) in [5.41, 5.74) is 5.50. The van der Waals surface area contributed by atoms with Gasteiger partial charge in [0.15, 0.2) is 0 Å². The summed E-state index contributed by atoms with van der Waals surface area (Å²) in [5.74, 6) is 1.88. The second-order valence-corrected chi connectivity index (χ2v) is 8.81. The molecule has 0 saturated carbocycles. The first kappa shape index (κ1) is 23.6. The van der Waals surface area contributed by atoms with E-state index in [9.17, 15) is 4.79 Å². The van der Waals surface area contributed by atoms with Gasteiger partial charge in [0.2, 0.25) is 5.91 Å². The third kappa shape index (κ3) is 5.66. The lowest BCUT2D eigenvalue weighted by molar-refractivity contribution is -0.121. The minimum absolute atomic E-state index is 0.0355. The zero-order chi connectivity index (χ0) is 23.9. The molecule has 1 atom stereocenters. The number of fused-ring (bicyclic) bond motifs is 1. The fourth-order valence-corrected chi connectivity index (χ4v) is 4.36. The summed E-state index contributed by atoms with van der Waals surface area (Å²) >= 11 is 0. The van der Waals surface area contributed by atoms with Crippen molar-refractivity contribution in [1.82, 2.24) is 14.9 Å². The highest BCUT2D eigenvalue weighted by Crippen LogP contribution is 2.24. The molecule has 0 bridgehead atoms. The van der Waals surface area contributed by atoms with E-state index in [1.165, 1.54) is 5.56 Å². The second-order valence-electron chi connectivity index (χ2n) is 8.81. The van der Waals surface area contributed by atoms with Gasteiger partial charge >= 0.3 is 0 Å². The van der Waals surface area contributed by atoms with E-state index in [-0.39, 0.29) is 11.9 Å². The van der Waals surface area contributed by atoms with E-state index in [0.29, 0.717) is 13.0 Å². The van der Waals surface area contributed by atoms with E-state index in [2.05, 4.69) is 60.1 Å². The van der Waals surface area contributed by atoms with Gasteiger partial charge < -0.3 is 14.6 Å². The molecule has 0 radical (unpaired) electrons. The molecule has 4 aromatic rings. The number of hydrogen-bond donors (Lipinski definition) is 1. The van der Waals surface area contributed by atoms with Crippen LogP contribution >= 0.6 is 0 Å². The van der Waals surface area contributed by atoms with Crippen molar-refractivity contribution in [3.05, 3.63) is 95.3 Å². The Morgan fingerprint density at radius 3 is 2.44 bits per heavy atom. The first-order chi connectivity index (χ1) is 16.5. The van der Waals surface area contributed by atoms with E-state index in [0.717, 1.165) is 53.1 Å². The quantitative estimate of drug-likeness (QED) is 0.302. The van der Waals surface area contributed by atoms with Gasteiger partial charge in [-0.05, 0) is 62.4 Å². The van der Waals surface area contributed by atoms with E-state index in [1.54, 1.807) is 0 Å². The molecule has 1 amide bonds. The van der Waals surface area contributed by atoms with Crippen molar-refractivity contribution >= 4 is 16.9 Å². The zero-order valence-electron chi connectivity index (χ0n) is 20.3. The van der Waals surface area contributed by atoms with E-state index < -0.39 is 0 Å². The van der Waals surface area contributed by atoms with Crippen LogP contribution in [0, 0.1) is 13.8 Å². The fraction of sp³-hybridized carbons (Fsp3) is 0.310. The Bertz CT molecular complexity index is 1230. The third-order valence-corrected chi connectivity index (χ3v) is 6.11. The number of carbonyl (C=O) groups is 1. The average Bonchev–Trinajstić information content (AvgIpc) is 3.21. The largest absolute Gasteiger partial charge is 0.493 e. The van der Waals surface area contributed by atoms with E-state index in [4.69, 9.17) is 9.72 Å². The van der Waals surface area contributed by atoms with Crippen molar-refractivity contribution in [3.8, 4) is 5.75 Å². The lowest BCUT2D eigenvalue weighted by Crippen LogP contribution is -2.29. The van der Waals surface area contributed by atoms with Crippen LogP contribution in [0.4, 0.5) is 0 Å². The van der Waals surface area contributed by atoms with Crippen molar-refractivity contribution in [3.63, 3.8) is 0 Å². The molecule has 176 valence electrons. The highest BCUT2D eigenvalue weighted by atomic mass is 16.5. The van der Waals surface area contributed by atoms with Crippen LogP contribution in [0.2, 0.25) is 0 Å². The summed E-state index contributed by atoms with van der Waals surface area (Å²) in [5, 5.41) is 3.15. The monoisotopic (exact) mass is 455 g/mol. The number of rotatable bonds is 10. The molecule has 5 nitrogen and oxygen atoms in total. The molecular formula is C29H33N3O2. The number of amides is 1. The maximum absolute atomic E-state index is 12.6. The summed E-state index contributed by atoms with van der Waals surface area (Å²) in [6.07, 6.45) is 2.03. The van der Waals surface area contributed by atoms with Gasteiger partial charge in [-0.1, -0.05) is 60.7 Å². The van der Waals surface area contributed by atoms with Crippen LogP contribution in [0.5, 0.6) is 5.75 Å². The molecule has 1 N–H and O–H groups in total. The minimum atomic E-state index is -0.185. The number of hydrogen-bond acceptors (Lipinski definition) is 3. The number of nitrogens with one attached hydrogen (secondary N) is 1. The van der Waals surface area contributed by atoms with Gasteiger partial charge in [0.1, 0.15) is 11.6 Å². The topological polar surface area (TPSA) is 56.1 Å². The highest BCUT2D eigenvalue weighted by Gasteiger charge is 2.18. The summed E-state index contributed by atoms with van der Waals surface area (Å²) in [6.45, 7) is 7.55. The average molecular weight is 456 g/mol. The smallest absolute Gasteiger partial charge is 0.220 e. The lowest BCUT2D eigenvalue weighted by atomic mass is 10.1. The van der Waals surface area contributed by atoms with Crippen LogP contribution in [-0.4, -0.2) is 22.1 Å². The Morgan fingerprint density at radius 2 is 1.68 bits per heavy atom. The number of para-hydroxylation sites is 3. The van der Waals surface area contributed by atoms with Crippen molar-refractivity contribution in [2.75, 3.05) is 6.61 Å². The summed E-state index contributed by atoms with van der Waals surface area (Å²) in [7, 11) is 0. The third-order valence-electron chi connectivity index (χ3n) is 6.11. The molecule has 34 heavy (non-hydrogen) atoms. The summed E-state index contributed by atoms with van der Waals surface area (Å²) in [6, 6.07) is 24.2. The molecule has 0 fully saturated rings. The first-order valence-corrected chi connectivity index (χ1v) is 12.0. The molecule has 0 saturated heterocycles. The Morgan fingerprint density at radius 1 is 0.971 bits per heavy atom. The number of aromatic nitrogens is 2. The molecule has 0 aliphatic heterocycles. The number of imidazole rings is 1. The van der Waals surface area contributed by atoms with Crippen LogP contribution < -0.4 is 10.1 Å². The van der Waals surface area contributed by atoms with Crippen LogP contribution in [0.25, 0.3) is 11.0 Å². The van der Waals surface area contributed by atoms with Crippen LogP contribution in [0.3, 0.4) is 0 Å². The maximum atomic E-state index is 12.6. The second kappa shape index (κ2) is 11.0. The number of carbonyl (C=O) groups excluding carboxylic acids is 1. The number of benzene rings is 3. The Labute approximate surface area is 201 Å². The molecule has 1 unspecified atom stereocenters. The molecule has 5 heteroatoms. The van der Waals surface area contributed by atoms with Crippen molar-refractivity contribution < 1.29 is 9.53 Å². The van der Waals surface area contributed by atoms with E-state index >= 15 is 0 Å². The predicted molar refractivity (Wildman–Crippen MR) is 137 cm³/mol. The van der Waals surface area contributed by atoms with Crippen LogP contribution in [0.1, 0.15) is 48.3 Å². The zero-order valence-corrected chi connectivity index (χ0v) is 20.3. The van der Waals surface area contributed by atoms with Gasteiger partial charge in [-0.2, -0.15) is 0 Å². The highest BCUT2D eigenvalue weighted by molar-refractivity contribution is 5.78. The number of nitrogens with zero attached hydrogens (tertiary/aromatic N) is 2. The Balaban J connectivity index is 1.41.